The maximum atomic E-state index is 12.8. The van der Waals surface area contributed by atoms with E-state index in [0.29, 0.717) is 27.8 Å². The van der Waals surface area contributed by atoms with E-state index in [1.165, 1.54) is 22.6 Å². The fourth-order valence-electron chi connectivity index (χ4n) is 3.77. The molecule has 0 saturated heterocycles. The highest BCUT2D eigenvalue weighted by Gasteiger charge is 2.42. The number of hydrogen-bond donors (Lipinski definition) is 1. The van der Waals surface area contributed by atoms with E-state index < -0.39 is 15.4 Å². The van der Waals surface area contributed by atoms with Crippen LogP contribution in [0.3, 0.4) is 0 Å². The molecule has 8 nitrogen and oxygen atoms in total. The summed E-state index contributed by atoms with van der Waals surface area (Å²) in [4.78, 5) is 29.5. The number of H-pyrrole nitrogens is 1. The van der Waals surface area contributed by atoms with Crippen molar-refractivity contribution in [3.63, 3.8) is 0 Å². The Balaban J connectivity index is 2.14. The fraction of sp³-hybridized carbons (Fsp3) is 0.300. The van der Waals surface area contributed by atoms with Gasteiger partial charge in [-0.2, -0.15) is 0 Å². The summed E-state index contributed by atoms with van der Waals surface area (Å²) < 4.78 is 32.3. The average Bonchev–Trinajstić information content (AvgIpc) is 3.11. The predicted octanol–water partition coefficient (Wildman–Crippen LogP) is 2.07. The second-order valence-corrected chi connectivity index (χ2v) is 9.75. The first-order valence-corrected chi connectivity index (χ1v) is 10.8. The lowest BCUT2D eigenvalue weighted by molar-refractivity contribution is -0.132. The molecule has 0 aliphatic carbocycles. The van der Waals surface area contributed by atoms with Gasteiger partial charge in [-0.3, -0.25) is 9.59 Å². The molecule has 1 amide bonds. The zero-order valence-corrected chi connectivity index (χ0v) is 17.5. The van der Waals surface area contributed by atoms with Crippen LogP contribution >= 0.6 is 0 Å². The van der Waals surface area contributed by atoms with Crippen molar-refractivity contribution in [3.8, 4) is 16.9 Å². The average molecular weight is 415 g/mol. The Morgan fingerprint density at radius 2 is 1.76 bits per heavy atom. The lowest BCUT2D eigenvalue weighted by Gasteiger charge is -2.38. The van der Waals surface area contributed by atoms with Crippen LogP contribution in [-0.2, 0) is 21.7 Å². The summed E-state index contributed by atoms with van der Waals surface area (Å²) in [5.74, 6) is -0.0551. The van der Waals surface area contributed by atoms with Gasteiger partial charge in [0, 0.05) is 49.3 Å². The van der Waals surface area contributed by atoms with E-state index in [4.69, 9.17) is 4.74 Å². The normalized spacial score (nSPS) is 16.0. The number of aromatic amines is 1. The minimum atomic E-state index is -3.62. The first-order chi connectivity index (χ1) is 13.4. The number of rotatable bonds is 2. The number of amides is 1. The summed E-state index contributed by atoms with van der Waals surface area (Å²) in [5.41, 5.74) is 0.573. The van der Waals surface area contributed by atoms with Gasteiger partial charge < -0.3 is 19.2 Å². The number of hydrogen-bond acceptors (Lipinski definition) is 5. The van der Waals surface area contributed by atoms with E-state index in [9.17, 15) is 18.0 Å². The van der Waals surface area contributed by atoms with E-state index in [1.807, 2.05) is 0 Å². The molecule has 1 N–H and O–H groups in total. The topological polar surface area (TPSA) is 101 Å². The van der Waals surface area contributed by atoms with Gasteiger partial charge in [-0.25, -0.2) is 8.42 Å². The van der Waals surface area contributed by atoms with Gasteiger partial charge in [0.1, 0.15) is 11.2 Å². The van der Waals surface area contributed by atoms with Crippen LogP contribution in [0.1, 0.15) is 13.8 Å². The quantitative estimate of drug-likeness (QED) is 0.690. The zero-order valence-electron chi connectivity index (χ0n) is 16.7. The van der Waals surface area contributed by atoms with E-state index in [0.717, 1.165) is 6.26 Å². The maximum absolute atomic E-state index is 12.8. The Kier molecular flexibility index (Phi) is 3.96. The number of nitrogens with zero attached hydrogens (tertiary/aromatic N) is 2. The van der Waals surface area contributed by atoms with Crippen molar-refractivity contribution >= 4 is 32.3 Å². The van der Waals surface area contributed by atoms with E-state index in [-0.39, 0.29) is 22.0 Å². The zero-order chi connectivity index (χ0) is 21.3. The van der Waals surface area contributed by atoms with E-state index in [1.54, 1.807) is 45.4 Å². The highest BCUT2D eigenvalue weighted by atomic mass is 32.2. The molecule has 0 atom stereocenters. The molecular formula is C20H21N3O5S. The van der Waals surface area contributed by atoms with Crippen LogP contribution in [0.2, 0.25) is 0 Å². The highest BCUT2D eigenvalue weighted by molar-refractivity contribution is 7.90. The van der Waals surface area contributed by atoms with Crippen LogP contribution in [0, 0.1) is 0 Å². The number of benzene rings is 1. The molecule has 0 bridgehead atoms. The van der Waals surface area contributed by atoms with Gasteiger partial charge in [0.2, 0.25) is 0 Å². The molecule has 152 valence electrons. The standard InChI is InChI=1S/C20H21N3O5S/c1-20(2)19(25)23(4)16-14(29(5,26)27)7-6-12(17(16)28-20)13-10-22(3)18(24)15-11(13)8-9-21-15/h6-10,21H,1-5H3. The van der Waals surface area contributed by atoms with Crippen molar-refractivity contribution in [2.45, 2.75) is 24.3 Å². The van der Waals surface area contributed by atoms with Crippen LogP contribution in [0.4, 0.5) is 5.69 Å². The van der Waals surface area contributed by atoms with Crippen molar-refractivity contribution in [3.05, 3.63) is 40.9 Å². The molecule has 3 aromatic rings. The number of fused-ring (bicyclic) bond motifs is 2. The largest absolute Gasteiger partial charge is 0.475 e. The van der Waals surface area contributed by atoms with Crippen LogP contribution in [0.25, 0.3) is 22.0 Å². The maximum Gasteiger partial charge on any atom is 0.274 e. The molecule has 0 fully saturated rings. The van der Waals surface area contributed by atoms with Crippen LogP contribution in [0.5, 0.6) is 5.75 Å². The Morgan fingerprint density at radius 3 is 2.41 bits per heavy atom. The molecule has 0 unspecified atom stereocenters. The number of nitrogens with one attached hydrogen (secondary N) is 1. The third-order valence-corrected chi connectivity index (χ3v) is 6.32. The summed E-state index contributed by atoms with van der Waals surface area (Å²) in [5, 5.41) is 0.684. The monoisotopic (exact) mass is 415 g/mol. The van der Waals surface area contributed by atoms with Crippen LogP contribution < -0.4 is 15.2 Å². The molecule has 9 heteroatoms. The fourth-order valence-corrected chi connectivity index (χ4v) is 4.67. The van der Waals surface area contributed by atoms with Crippen LogP contribution in [-0.4, -0.2) is 42.8 Å². The van der Waals surface area contributed by atoms with Gasteiger partial charge in [-0.1, -0.05) is 0 Å². The first-order valence-electron chi connectivity index (χ1n) is 8.95. The summed E-state index contributed by atoms with van der Waals surface area (Å²) in [6.07, 6.45) is 4.45. The number of carbonyl (C=O) groups is 1. The molecule has 1 aromatic carbocycles. The van der Waals surface area contributed by atoms with Crippen molar-refractivity contribution in [1.82, 2.24) is 9.55 Å². The summed E-state index contributed by atoms with van der Waals surface area (Å²) in [6, 6.07) is 4.91. The third kappa shape index (κ3) is 2.76. The van der Waals surface area contributed by atoms with Gasteiger partial charge in [0.15, 0.2) is 21.2 Å². The van der Waals surface area contributed by atoms with Crippen molar-refractivity contribution in [1.29, 1.82) is 0 Å². The number of carbonyl (C=O) groups excluding carboxylic acids is 1. The Hall–Kier alpha value is -3.07. The van der Waals surface area contributed by atoms with Crippen LogP contribution in [0.15, 0.2) is 40.3 Å². The van der Waals surface area contributed by atoms with Gasteiger partial charge in [0.25, 0.3) is 11.5 Å². The summed E-state index contributed by atoms with van der Waals surface area (Å²) in [7, 11) is -0.438. The van der Waals surface area contributed by atoms with E-state index >= 15 is 0 Å². The molecule has 4 rings (SSSR count). The van der Waals surface area contributed by atoms with Gasteiger partial charge >= 0.3 is 0 Å². The smallest absolute Gasteiger partial charge is 0.274 e. The molecule has 0 radical (unpaired) electrons. The SMILES string of the molecule is CN1C(=O)C(C)(C)Oc2c(-c3cn(C)c(=O)c4[nH]ccc34)ccc(S(C)(=O)=O)c21. The Labute approximate surface area is 167 Å². The molecule has 1 aliphatic heterocycles. The number of pyridine rings is 1. The van der Waals surface area contributed by atoms with Crippen molar-refractivity contribution in [2.24, 2.45) is 7.05 Å². The van der Waals surface area contributed by atoms with Crippen molar-refractivity contribution in [2.75, 3.05) is 18.2 Å². The number of likely N-dealkylation sites (N-methyl/N-ethyl adjacent to an activating group) is 1. The molecule has 0 spiro atoms. The first kappa shape index (κ1) is 19.3. The summed E-state index contributed by atoms with van der Waals surface area (Å²) in [6.45, 7) is 3.27. The minimum absolute atomic E-state index is 0.0118. The molecule has 0 saturated carbocycles. The Bertz CT molecular complexity index is 1350. The number of ether oxygens (including phenoxy) is 1. The lowest BCUT2D eigenvalue weighted by atomic mass is 9.98. The number of aromatic nitrogens is 2. The van der Waals surface area contributed by atoms with Gasteiger partial charge in [-0.05, 0) is 32.0 Å². The lowest BCUT2D eigenvalue weighted by Crippen LogP contribution is -2.51. The third-order valence-electron chi connectivity index (χ3n) is 5.19. The highest BCUT2D eigenvalue weighted by Crippen LogP contribution is 2.48. The number of anilines is 1. The number of sulfone groups is 1. The molecule has 29 heavy (non-hydrogen) atoms. The molecule has 1 aliphatic rings. The molecule has 3 heterocycles. The molecule has 2 aromatic heterocycles. The second kappa shape index (κ2) is 5.96. The second-order valence-electron chi connectivity index (χ2n) is 7.76. The van der Waals surface area contributed by atoms with E-state index in [2.05, 4.69) is 4.98 Å². The predicted molar refractivity (Wildman–Crippen MR) is 110 cm³/mol. The summed E-state index contributed by atoms with van der Waals surface area (Å²) >= 11 is 0. The van der Waals surface area contributed by atoms with Crippen molar-refractivity contribution < 1.29 is 17.9 Å². The number of aryl methyl sites for hydroxylation is 1. The van der Waals surface area contributed by atoms with Gasteiger partial charge in [0.05, 0.1) is 4.90 Å². The minimum Gasteiger partial charge on any atom is -0.475 e. The Morgan fingerprint density at radius 1 is 1.07 bits per heavy atom. The molecular weight excluding hydrogens is 394 g/mol. The van der Waals surface area contributed by atoms with Gasteiger partial charge in [-0.15, -0.1) is 0 Å².